The van der Waals surface area contributed by atoms with Crippen LogP contribution in [0.1, 0.15) is 199 Å². The first-order valence-electron chi connectivity index (χ1n) is 35.7. The van der Waals surface area contributed by atoms with Gasteiger partial charge in [0.2, 0.25) is 20.1 Å². The Labute approximate surface area is 596 Å². The van der Waals surface area contributed by atoms with Gasteiger partial charge in [-0.1, -0.05) is 25.7 Å². The smallest absolute Gasteiger partial charge is 0.416 e. The number of ether oxygens (including phenoxy) is 12. The summed E-state index contributed by atoms with van der Waals surface area (Å²) >= 11 is 0. The summed E-state index contributed by atoms with van der Waals surface area (Å²) in [6.45, 7) is 30.3. The zero-order valence-electron chi connectivity index (χ0n) is 62.5. The van der Waals surface area contributed by atoms with E-state index in [1.807, 2.05) is 34.6 Å². The minimum absolute atomic E-state index is 0.0141. The number of esters is 2. The van der Waals surface area contributed by atoms with Gasteiger partial charge in [0.1, 0.15) is 59.5 Å². The molecule has 2 aliphatic carbocycles. The quantitative estimate of drug-likeness (QED) is 0.0303. The molecule has 572 valence electrons. The average molecular weight is 1480 g/mol. The maximum atomic E-state index is 13.9. The second-order valence-corrected chi connectivity index (χ2v) is 35.4. The summed E-state index contributed by atoms with van der Waals surface area (Å²) in [5, 5.41) is 26.8. The molecule has 12 atom stereocenters. The maximum Gasteiger partial charge on any atom is 0.416 e. The minimum atomic E-state index is -3.71. The Hall–Kier alpha value is -5.44. The number of carbonyl (C=O) groups is 4. The van der Waals surface area contributed by atoms with Gasteiger partial charge in [0.25, 0.3) is 0 Å². The molecule has 0 bridgehead atoms. The van der Waals surface area contributed by atoms with E-state index in [1.165, 1.54) is 20.3 Å². The number of amides is 2. The number of rotatable bonds is 28. The van der Waals surface area contributed by atoms with E-state index >= 15 is 0 Å². The molecule has 2 saturated carbocycles. The number of aryl methyl sites for hydroxylation is 2. The van der Waals surface area contributed by atoms with E-state index in [0.717, 1.165) is 51.4 Å². The Morgan fingerprint density at radius 2 is 1.01 bits per heavy atom. The third-order valence-electron chi connectivity index (χ3n) is 18.5. The molecule has 32 nitrogen and oxygen atoms in total. The van der Waals surface area contributed by atoms with Crippen LogP contribution in [0, 0.1) is 0 Å². The second kappa shape index (κ2) is 32.3. The van der Waals surface area contributed by atoms with Crippen LogP contribution in [0.3, 0.4) is 0 Å². The van der Waals surface area contributed by atoms with E-state index in [2.05, 4.69) is 0 Å². The number of fused-ring (bicyclic) bond motifs is 4. The van der Waals surface area contributed by atoms with Crippen molar-refractivity contribution in [1.29, 1.82) is 0 Å². The lowest BCUT2D eigenvalue weighted by Gasteiger charge is -2.34. The monoisotopic (exact) mass is 1480 g/mol. The van der Waals surface area contributed by atoms with E-state index in [1.54, 1.807) is 101 Å². The largest absolute Gasteiger partial charge is 0.466 e. The third-order valence-corrected chi connectivity index (χ3v) is 23.9. The van der Waals surface area contributed by atoms with Crippen LogP contribution in [0.5, 0.6) is 0 Å². The molecule has 4 aromatic heterocycles. The van der Waals surface area contributed by atoms with Gasteiger partial charge in [-0.3, -0.25) is 23.7 Å². The molecule has 4 saturated heterocycles. The topological polar surface area (TPSA) is 366 Å². The fraction of sp³-hybridized carbons (Fsp3) is 0.794. The molecule has 10 rings (SSSR count). The lowest BCUT2D eigenvalue weighted by Crippen LogP contribution is -2.44. The van der Waals surface area contributed by atoms with Gasteiger partial charge in [-0.25, -0.2) is 43.7 Å². The van der Waals surface area contributed by atoms with Crippen molar-refractivity contribution in [2.75, 3.05) is 76.0 Å². The van der Waals surface area contributed by atoms with Crippen molar-refractivity contribution in [3.05, 3.63) is 24.0 Å². The highest BCUT2D eigenvalue weighted by Crippen LogP contribution is 2.59. The lowest BCUT2D eigenvalue weighted by atomic mass is 10.1. The van der Waals surface area contributed by atoms with Crippen LogP contribution >= 0.6 is 14.7 Å². The van der Waals surface area contributed by atoms with E-state index in [9.17, 15) is 38.5 Å². The normalized spacial score (nSPS) is 25.8. The van der Waals surface area contributed by atoms with E-state index in [-0.39, 0.29) is 77.0 Å². The SMILES string of the molecule is CCOC(=O)CCc1nc(N(C(=O)OC(C)(C)C)C2CCCC2)c2cnn([C@@H]3O[C@H](COC(C)(C(=O)OCC)P(C)(=O)OCC)[C@H]4OC(C)(C)O[C@H]43)c2n1.CCOP(C)(=O)C(C)(CO)OC[C@H]1O[C@@H](n2ncc3c(N(C(=O)OC(C)(C)C)C4CCCC4)nc(CCCO)nc32)[C@@H]2OC(C)(C)O[C@@H]21. The number of aromatic nitrogens is 8. The van der Waals surface area contributed by atoms with Crippen molar-refractivity contribution < 1.29 is 104 Å². The Morgan fingerprint density at radius 1 is 0.588 bits per heavy atom. The number of hydrogen-bond donors (Lipinski definition) is 2. The lowest BCUT2D eigenvalue weighted by molar-refractivity contribution is -0.207. The zero-order valence-corrected chi connectivity index (χ0v) is 64.3. The molecule has 8 heterocycles. The summed E-state index contributed by atoms with van der Waals surface area (Å²) in [6, 6.07) is -0.291. The van der Waals surface area contributed by atoms with Crippen LogP contribution < -0.4 is 9.80 Å². The molecule has 6 aliphatic rings. The van der Waals surface area contributed by atoms with Crippen molar-refractivity contribution in [1.82, 2.24) is 39.5 Å². The van der Waals surface area contributed by atoms with Crippen LogP contribution in [0.25, 0.3) is 22.1 Å². The minimum Gasteiger partial charge on any atom is -0.466 e. The predicted octanol–water partition coefficient (Wildman–Crippen LogP) is 10.2. The Kier molecular flexibility index (Phi) is 25.6. The van der Waals surface area contributed by atoms with Gasteiger partial charge >= 0.3 is 24.1 Å². The van der Waals surface area contributed by atoms with Gasteiger partial charge in [-0.15, -0.1) is 0 Å². The number of aliphatic hydroxyl groups excluding tert-OH is 2. The molecule has 2 N–H and O–H groups in total. The number of carbonyl (C=O) groups excluding carboxylic acids is 4. The van der Waals surface area contributed by atoms with Crippen molar-refractivity contribution in [2.45, 2.75) is 282 Å². The molecule has 34 heteroatoms. The standard InChI is InChI=1S/C36H56N5O12P.C32H52N5O10P/c1-11-46-26(42)19-18-25-38-29(40(22-16-14-15-17-22)33(44)53-34(4,5)6)23-20-37-41(30(23)39-25)31-28-27(51-35(7,8)52-28)24(50-31)21-48-36(9,32(43)47-12-2)54(10,45)49-13-3;1-9-43-48(8,41)32(7,19-39)42-18-22-24-25(46-31(5,6)45-24)28(44-22)37-27-21(17-33-37)26(34-23(35-27)15-12-16-38)36(20-13-10-11-14-20)29(40)47-30(2,3)4/h20,22,24,27-28,31H,11-19,21H2,1-10H3;17,20,22,24-25,28,38-39H,9-16,18-19H2,1-8H3/t24-,27-,28-,31-,36?,54?;22-,24-,25-,28-,32?,48?/m11/s1. The maximum absolute atomic E-state index is 13.9. The highest BCUT2D eigenvalue weighted by molar-refractivity contribution is 7.60. The van der Waals surface area contributed by atoms with Crippen molar-refractivity contribution in [2.24, 2.45) is 0 Å². The van der Waals surface area contributed by atoms with E-state index < -0.39 is 128 Å². The fourth-order valence-corrected chi connectivity index (χ4v) is 16.2. The highest BCUT2D eigenvalue weighted by atomic mass is 31.2. The number of anilines is 2. The Bertz CT molecular complexity index is 3680. The first-order valence-corrected chi connectivity index (χ1v) is 39.8. The van der Waals surface area contributed by atoms with Crippen molar-refractivity contribution in [3.63, 3.8) is 0 Å². The molecule has 2 amide bonds. The second-order valence-electron chi connectivity index (χ2n) is 29.7. The molecule has 4 unspecified atom stereocenters. The fourth-order valence-electron chi connectivity index (χ4n) is 13.5. The van der Waals surface area contributed by atoms with Gasteiger partial charge < -0.3 is 76.1 Å². The van der Waals surface area contributed by atoms with Gasteiger partial charge in [0, 0.05) is 44.9 Å². The Balaban J connectivity index is 0.000000239. The summed E-state index contributed by atoms with van der Waals surface area (Å²) in [6.07, 6.45) is 4.12. The summed E-state index contributed by atoms with van der Waals surface area (Å²) < 4.78 is 114. The third kappa shape index (κ3) is 18.0. The predicted molar refractivity (Wildman–Crippen MR) is 371 cm³/mol. The van der Waals surface area contributed by atoms with Crippen LogP contribution in [-0.4, -0.2) is 222 Å². The molecule has 0 spiro atoms. The van der Waals surface area contributed by atoms with Crippen LogP contribution in [0.2, 0.25) is 0 Å². The average Bonchev–Trinajstić information content (AvgIpc) is 1.58. The number of nitrogens with zero attached hydrogens (tertiary/aromatic N) is 10. The van der Waals surface area contributed by atoms with Crippen molar-refractivity contribution >= 4 is 72.6 Å². The summed E-state index contributed by atoms with van der Waals surface area (Å²) in [4.78, 5) is 76.0. The first-order chi connectivity index (χ1) is 47.9. The zero-order chi connectivity index (χ0) is 74.7. The number of aliphatic hydroxyl groups is 2. The van der Waals surface area contributed by atoms with Gasteiger partial charge in [-0.05, 0) is 143 Å². The Morgan fingerprint density at radius 3 is 1.42 bits per heavy atom. The molecular weight excluding hydrogens is 1370 g/mol. The van der Waals surface area contributed by atoms with Gasteiger partial charge in [0.15, 0.2) is 52.3 Å². The first kappa shape index (κ1) is 80.7. The van der Waals surface area contributed by atoms with Crippen LogP contribution in [0.15, 0.2) is 12.4 Å². The molecule has 102 heavy (non-hydrogen) atoms. The molecular formula is C68H108N10O22P2. The van der Waals surface area contributed by atoms with Gasteiger partial charge in [0.05, 0.1) is 75.8 Å². The molecule has 6 fully saturated rings. The number of hydrogen-bond acceptors (Lipinski definition) is 28. The van der Waals surface area contributed by atoms with Crippen LogP contribution in [-0.2, 0) is 97.5 Å². The molecule has 0 radical (unpaired) electrons. The summed E-state index contributed by atoms with van der Waals surface area (Å²) in [5.41, 5.74) is -0.742. The summed E-state index contributed by atoms with van der Waals surface area (Å²) in [7, 11) is -7.09. The van der Waals surface area contributed by atoms with E-state index in [4.69, 9.17) is 96.0 Å². The molecule has 0 aromatic carbocycles. The van der Waals surface area contributed by atoms with Gasteiger partial charge in [-0.2, -0.15) is 10.2 Å². The summed E-state index contributed by atoms with van der Waals surface area (Å²) in [5.74, 6) is -1.79. The highest BCUT2D eigenvalue weighted by Gasteiger charge is 2.60. The van der Waals surface area contributed by atoms with E-state index in [0.29, 0.717) is 52.4 Å². The molecule has 4 aliphatic heterocycles. The molecule has 4 aromatic rings. The van der Waals surface area contributed by atoms with Crippen LogP contribution in [0.4, 0.5) is 21.2 Å². The van der Waals surface area contributed by atoms with Crippen molar-refractivity contribution in [3.8, 4) is 0 Å².